The molecule has 104 valence electrons. The molecule has 0 bridgehead atoms. The zero-order valence-electron chi connectivity index (χ0n) is 10.4. The summed E-state index contributed by atoms with van der Waals surface area (Å²) in [5, 5.41) is 8.53. The van der Waals surface area contributed by atoms with Gasteiger partial charge in [-0.1, -0.05) is 0 Å². The van der Waals surface area contributed by atoms with Gasteiger partial charge in [-0.15, -0.1) is 0 Å². The molecule has 0 radical (unpaired) electrons. The van der Waals surface area contributed by atoms with Crippen LogP contribution in [0.1, 0.15) is 13.3 Å². The van der Waals surface area contributed by atoms with Crippen molar-refractivity contribution in [3.8, 4) is 6.07 Å². The number of nitrogens with zero attached hydrogens (tertiary/aromatic N) is 2. The van der Waals surface area contributed by atoms with Crippen molar-refractivity contribution >= 4 is 15.7 Å². The molecule has 1 unspecified atom stereocenters. The van der Waals surface area contributed by atoms with Crippen LogP contribution in [0.25, 0.3) is 0 Å². The Morgan fingerprint density at radius 2 is 1.89 bits per heavy atom. The molecule has 2 N–H and O–H groups in total. The second-order valence-corrected chi connectivity index (χ2v) is 5.98. The van der Waals surface area contributed by atoms with Gasteiger partial charge in [-0.3, -0.25) is 0 Å². The molecule has 0 amide bonds. The minimum absolute atomic E-state index is 0.0893. The monoisotopic (exact) mass is 289 g/mol. The number of sulfonamides is 1. The lowest BCUT2D eigenvalue weighted by atomic mass is 10.3. The highest BCUT2D eigenvalue weighted by Crippen LogP contribution is 2.25. The van der Waals surface area contributed by atoms with Crippen LogP contribution in [-0.4, -0.2) is 25.8 Å². The van der Waals surface area contributed by atoms with Gasteiger partial charge >= 0.3 is 0 Å². The average Bonchev–Trinajstić information content (AvgIpc) is 2.26. The van der Waals surface area contributed by atoms with Crippen LogP contribution in [0.2, 0.25) is 0 Å². The number of nitriles is 1. The van der Waals surface area contributed by atoms with Crippen LogP contribution < -0.4 is 5.73 Å². The van der Waals surface area contributed by atoms with Gasteiger partial charge in [0.15, 0.2) is 4.90 Å². The number of hydrogen-bond acceptors (Lipinski definition) is 4. The van der Waals surface area contributed by atoms with Crippen LogP contribution >= 0.6 is 0 Å². The van der Waals surface area contributed by atoms with E-state index in [2.05, 4.69) is 0 Å². The minimum Gasteiger partial charge on any atom is -0.399 e. The highest BCUT2D eigenvalue weighted by Gasteiger charge is 2.31. The third kappa shape index (κ3) is 3.00. The van der Waals surface area contributed by atoms with Crippen molar-refractivity contribution in [1.29, 1.82) is 5.26 Å². The van der Waals surface area contributed by atoms with Crippen LogP contribution in [0.4, 0.5) is 14.5 Å². The molecule has 5 nitrogen and oxygen atoms in total. The fourth-order valence-electron chi connectivity index (χ4n) is 1.47. The first-order chi connectivity index (χ1) is 8.71. The first-order valence-corrected chi connectivity index (χ1v) is 6.75. The van der Waals surface area contributed by atoms with Crippen LogP contribution in [0, 0.1) is 23.0 Å². The van der Waals surface area contributed by atoms with Gasteiger partial charge in [-0.25, -0.2) is 17.2 Å². The minimum atomic E-state index is -4.36. The molecule has 0 saturated carbocycles. The summed E-state index contributed by atoms with van der Waals surface area (Å²) >= 11 is 0. The van der Waals surface area contributed by atoms with Crippen molar-refractivity contribution in [2.45, 2.75) is 24.3 Å². The van der Waals surface area contributed by atoms with Crippen LogP contribution in [0.15, 0.2) is 17.0 Å². The van der Waals surface area contributed by atoms with E-state index in [1.54, 1.807) is 6.07 Å². The van der Waals surface area contributed by atoms with Crippen molar-refractivity contribution in [2.75, 3.05) is 12.8 Å². The lowest BCUT2D eigenvalue weighted by Crippen LogP contribution is -2.35. The Kier molecular flexibility index (Phi) is 4.44. The fourth-order valence-corrected chi connectivity index (χ4v) is 2.91. The summed E-state index contributed by atoms with van der Waals surface area (Å²) < 4.78 is 52.2. The Morgan fingerprint density at radius 3 is 2.32 bits per heavy atom. The van der Waals surface area contributed by atoms with Crippen LogP contribution in [0.5, 0.6) is 0 Å². The van der Waals surface area contributed by atoms with E-state index in [-0.39, 0.29) is 12.1 Å². The second kappa shape index (κ2) is 5.50. The summed E-state index contributed by atoms with van der Waals surface area (Å²) in [7, 11) is -3.20. The molecule has 0 fully saturated rings. The van der Waals surface area contributed by atoms with Gasteiger partial charge in [-0.2, -0.15) is 9.57 Å². The summed E-state index contributed by atoms with van der Waals surface area (Å²) in [6.45, 7) is 1.47. The number of rotatable bonds is 4. The number of hydrogen-bond donors (Lipinski definition) is 1. The van der Waals surface area contributed by atoms with Crippen molar-refractivity contribution < 1.29 is 17.2 Å². The lowest BCUT2D eigenvalue weighted by molar-refractivity contribution is 0.386. The molecule has 0 aliphatic heterocycles. The molecule has 0 aliphatic carbocycles. The van der Waals surface area contributed by atoms with Crippen LogP contribution in [-0.2, 0) is 10.0 Å². The van der Waals surface area contributed by atoms with E-state index in [1.165, 1.54) is 6.92 Å². The quantitative estimate of drug-likeness (QED) is 0.850. The summed E-state index contributed by atoms with van der Waals surface area (Å²) in [4.78, 5) is -1.06. The number of halogens is 2. The highest BCUT2D eigenvalue weighted by atomic mass is 32.2. The topological polar surface area (TPSA) is 87.2 Å². The van der Waals surface area contributed by atoms with Gasteiger partial charge < -0.3 is 5.73 Å². The molecule has 1 atom stereocenters. The first kappa shape index (κ1) is 15.3. The van der Waals surface area contributed by atoms with E-state index in [0.717, 1.165) is 23.5 Å². The molecule has 1 rings (SSSR count). The molecule has 1 aromatic rings. The predicted octanol–water partition coefficient (Wildman–Crippen LogP) is 1.47. The van der Waals surface area contributed by atoms with Crippen molar-refractivity contribution in [3.05, 3.63) is 23.8 Å². The molecule has 0 saturated heterocycles. The van der Waals surface area contributed by atoms with E-state index in [9.17, 15) is 17.2 Å². The number of anilines is 1. The molecular weight excluding hydrogens is 276 g/mol. The molecule has 1 aromatic carbocycles. The standard InChI is InChI=1S/C11H13F2N3O2S/c1-7(3-4-14)16(2)19(17,18)11-9(12)5-8(15)6-10(11)13/h5-7H,3,15H2,1-2H3. The highest BCUT2D eigenvalue weighted by molar-refractivity contribution is 7.89. The Hall–Kier alpha value is -1.72. The van der Waals surface area contributed by atoms with Gasteiger partial charge in [-0.05, 0) is 19.1 Å². The molecule has 0 aliphatic rings. The van der Waals surface area contributed by atoms with Gasteiger partial charge in [0.1, 0.15) is 11.6 Å². The third-order valence-corrected chi connectivity index (χ3v) is 4.69. The second-order valence-electron chi connectivity index (χ2n) is 4.05. The van der Waals surface area contributed by atoms with E-state index in [0.29, 0.717) is 0 Å². The van der Waals surface area contributed by atoms with Crippen molar-refractivity contribution in [2.24, 2.45) is 0 Å². The predicted molar refractivity (Wildman–Crippen MR) is 65.4 cm³/mol. The largest absolute Gasteiger partial charge is 0.399 e. The van der Waals surface area contributed by atoms with Crippen LogP contribution in [0.3, 0.4) is 0 Å². The zero-order chi connectivity index (χ0) is 14.8. The Balaban J connectivity index is 3.33. The number of benzene rings is 1. The smallest absolute Gasteiger partial charge is 0.248 e. The van der Waals surface area contributed by atoms with E-state index in [4.69, 9.17) is 11.0 Å². The molecule has 0 spiro atoms. The van der Waals surface area contributed by atoms with E-state index < -0.39 is 32.6 Å². The summed E-state index contributed by atoms with van der Waals surface area (Å²) in [6, 6.07) is 2.56. The molecule has 8 heteroatoms. The van der Waals surface area contributed by atoms with Gasteiger partial charge in [0.25, 0.3) is 0 Å². The Morgan fingerprint density at radius 1 is 1.42 bits per heavy atom. The van der Waals surface area contributed by atoms with Crippen molar-refractivity contribution in [3.63, 3.8) is 0 Å². The summed E-state index contributed by atoms with van der Waals surface area (Å²) in [5.74, 6) is -2.51. The van der Waals surface area contributed by atoms with E-state index >= 15 is 0 Å². The third-order valence-electron chi connectivity index (χ3n) is 2.67. The summed E-state index contributed by atoms with van der Waals surface area (Å²) in [5.41, 5.74) is 5.02. The molecule has 19 heavy (non-hydrogen) atoms. The maximum Gasteiger partial charge on any atom is 0.248 e. The normalized spacial score (nSPS) is 13.3. The zero-order valence-corrected chi connectivity index (χ0v) is 11.2. The maximum absolute atomic E-state index is 13.6. The average molecular weight is 289 g/mol. The maximum atomic E-state index is 13.6. The van der Waals surface area contributed by atoms with E-state index in [1.807, 2.05) is 0 Å². The SMILES string of the molecule is CC(CC#N)N(C)S(=O)(=O)c1c(F)cc(N)cc1F. The van der Waals surface area contributed by atoms with Gasteiger partial charge in [0.05, 0.1) is 12.5 Å². The first-order valence-electron chi connectivity index (χ1n) is 5.31. The number of nitrogen functional groups attached to an aromatic ring is 1. The summed E-state index contributed by atoms with van der Waals surface area (Å²) in [6.07, 6.45) is -0.0893. The lowest BCUT2D eigenvalue weighted by Gasteiger charge is -2.22. The fraction of sp³-hybridized carbons (Fsp3) is 0.364. The van der Waals surface area contributed by atoms with Gasteiger partial charge in [0.2, 0.25) is 10.0 Å². The van der Waals surface area contributed by atoms with Crippen molar-refractivity contribution in [1.82, 2.24) is 4.31 Å². The molecule has 0 aromatic heterocycles. The Labute approximate surface area is 110 Å². The van der Waals surface area contributed by atoms with Gasteiger partial charge in [0, 0.05) is 18.8 Å². The molecule has 0 heterocycles. The Bertz CT molecular complexity index is 602. The number of nitrogens with two attached hydrogens (primary N) is 1. The molecular formula is C11H13F2N3O2S.